The van der Waals surface area contributed by atoms with Crippen molar-refractivity contribution in [1.29, 1.82) is 0 Å². The van der Waals surface area contributed by atoms with E-state index in [1.807, 2.05) is 30.0 Å². The van der Waals surface area contributed by atoms with Crippen molar-refractivity contribution in [3.8, 4) is 11.5 Å². The monoisotopic (exact) mass is 357 g/mol. The molecule has 0 saturated carbocycles. The third kappa shape index (κ3) is 3.74. The van der Waals surface area contributed by atoms with E-state index in [-0.39, 0.29) is 5.41 Å². The molecule has 0 N–H and O–H groups in total. The molecule has 0 atom stereocenters. The van der Waals surface area contributed by atoms with Crippen molar-refractivity contribution in [2.75, 3.05) is 44.2 Å². The Balaban J connectivity index is 1.83. The van der Waals surface area contributed by atoms with Gasteiger partial charge in [0.2, 0.25) is 0 Å². The van der Waals surface area contributed by atoms with Crippen LogP contribution in [0, 0.1) is 0 Å². The molecule has 134 valence electrons. The summed E-state index contributed by atoms with van der Waals surface area (Å²) in [5.41, 5.74) is 2.82. The van der Waals surface area contributed by atoms with Crippen LogP contribution in [0.1, 0.15) is 18.4 Å². The Labute approximate surface area is 155 Å². The number of ether oxygens (including phenoxy) is 2. The van der Waals surface area contributed by atoms with E-state index in [1.54, 1.807) is 14.2 Å². The number of benzene rings is 2. The van der Waals surface area contributed by atoms with Gasteiger partial charge in [-0.25, -0.2) is 0 Å². The maximum Gasteiger partial charge on any atom is 0.142 e. The summed E-state index contributed by atoms with van der Waals surface area (Å²) in [7, 11) is 3.49. The van der Waals surface area contributed by atoms with Gasteiger partial charge in [-0.2, -0.15) is 11.8 Å². The molecule has 1 saturated heterocycles. The van der Waals surface area contributed by atoms with Crippen molar-refractivity contribution >= 4 is 17.4 Å². The van der Waals surface area contributed by atoms with Crippen LogP contribution in [0.2, 0.25) is 0 Å². The predicted molar refractivity (Wildman–Crippen MR) is 107 cm³/mol. The van der Waals surface area contributed by atoms with Gasteiger partial charge in [0.1, 0.15) is 11.5 Å². The highest BCUT2D eigenvalue weighted by atomic mass is 32.2. The van der Waals surface area contributed by atoms with Gasteiger partial charge in [0.15, 0.2) is 0 Å². The summed E-state index contributed by atoms with van der Waals surface area (Å²) in [6, 6.07) is 16.9. The van der Waals surface area contributed by atoms with Gasteiger partial charge in [-0.05, 0) is 48.9 Å². The third-order valence-electron chi connectivity index (χ3n) is 5.25. The summed E-state index contributed by atoms with van der Waals surface area (Å²) in [4.78, 5) is 2.46. The Morgan fingerprint density at radius 2 is 1.76 bits per heavy atom. The fourth-order valence-electron chi connectivity index (χ4n) is 3.81. The number of rotatable bonds is 6. The number of methoxy groups -OCH3 is 2. The Bertz CT molecular complexity index is 696. The molecule has 1 aliphatic heterocycles. The molecule has 0 aromatic heterocycles. The molecule has 0 bridgehead atoms. The first-order valence-corrected chi connectivity index (χ1v) is 10.1. The van der Waals surface area contributed by atoms with E-state index < -0.39 is 0 Å². The molecule has 2 aromatic carbocycles. The zero-order valence-corrected chi connectivity index (χ0v) is 16.1. The van der Waals surface area contributed by atoms with Crippen LogP contribution in [0.15, 0.2) is 48.5 Å². The van der Waals surface area contributed by atoms with E-state index in [9.17, 15) is 0 Å². The maximum atomic E-state index is 5.55. The first-order valence-electron chi connectivity index (χ1n) is 8.74. The number of anilines is 1. The average molecular weight is 358 g/mol. The minimum atomic E-state index is 0.215. The van der Waals surface area contributed by atoms with Crippen LogP contribution >= 0.6 is 11.8 Å². The Morgan fingerprint density at radius 3 is 2.44 bits per heavy atom. The lowest BCUT2D eigenvalue weighted by molar-refractivity contribution is 0.360. The zero-order chi connectivity index (χ0) is 17.7. The highest BCUT2D eigenvalue weighted by Crippen LogP contribution is 2.41. The third-order valence-corrected chi connectivity index (χ3v) is 6.09. The predicted octanol–water partition coefficient (Wildman–Crippen LogP) is 4.61. The smallest absolute Gasteiger partial charge is 0.142 e. The van der Waals surface area contributed by atoms with Crippen molar-refractivity contribution in [3.63, 3.8) is 0 Å². The number of thioether (sulfide) groups is 1. The van der Waals surface area contributed by atoms with Crippen LogP contribution < -0.4 is 14.4 Å². The minimum Gasteiger partial charge on any atom is -0.497 e. The van der Waals surface area contributed by atoms with Crippen molar-refractivity contribution < 1.29 is 9.47 Å². The number of para-hydroxylation sites is 2. The summed E-state index contributed by atoms with van der Waals surface area (Å²) < 4.78 is 11.0. The van der Waals surface area contributed by atoms with Crippen molar-refractivity contribution in [2.45, 2.75) is 18.3 Å². The quantitative estimate of drug-likeness (QED) is 0.753. The molecule has 0 aliphatic carbocycles. The number of hydrogen-bond donors (Lipinski definition) is 0. The van der Waals surface area contributed by atoms with Gasteiger partial charge in [0.05, 0.1) is 19.9 Å². The van der Waals surface area contributed by atoms with Gasteiger partial charge in [-0.15, -0.1) is 0 Å². The fraction of sp³-hybridized carbons (Fsp3) is 0.429. The number of piperidine rings is 1. The lowest BCUT2D eigenvalue weighted by atomic mass is 9.74. The fourth-order valence-corrected chi connectivity index (χ4v) is 4.82. The highest BCUT2D eigenvalue weighted by molar-refractivity contribution is 7.98. The van der Waals surface area contributed by atoms with E-state index in [1.165, 1.54) is 11.3 Å². The molecule has 0 radical (unpaired) electrons. The second kappa shape index (κ2) is 8.05. The molecule has 4 heteroatoms. The molecule has 2 aromatic rings. The standard InChI is InChI=1S/C21H27NO2S/c1-23-18-8-6-7-17(15-18)21(16-25-3)11-13-22(14-12-21)19-9-4-5-10-20(19)24-2/h4-10,15H,11-14,16H2,1-3H3. The molecule has 3 rings (SSSR count). The maximum absolute atomic E-state index is 5.55. The number of hydrogen-bond acceptors (Lipinski definition) is 4. The topological polar surface area (TPSA) is 21.7 Å². The first kappa shape index (κ1) is 18.0. The lowest BCUT2D eigenvalue weighted by Crippen LogP contribution is -2.44. The summed E-state index contributed by atoms with van der Waals surface area (Å²) in [6.07, 6.45) is 4.48. The summed E-state index contributed by atoms with van der Waals surface area (Å²) in [6.45, 7) is 2.08. The van der Waals surface area contributed by atoms with Gasteiger partial charge in [0.25, 0.3) is 0 Å². The van der Waals surface area contributed by atoms with E-state index in [2.05, 4.69) is 41.5 Å². The van der Waals surface area contributed by atoms with Gasteiger partial charge in [0, 0.05) is 24.3 Å². The molecule has 1 aliphatic rings. The Hall–Kier alpha value is -1.81. The molecule has 25 heavy (non-hydrogen) atoms. The van der Waals surface area contributed by atoms with Gasteiger partial charge >= 0.3 is 0 Å². The van der Waals surface area contributed by atoms with Crippen LogP contribution in [-0.2, 0) is 5.41 Å². The van der Waals surface area contributed by atoms with Crippen molar-refractivity contribution in [1.82, 2.24) is 0 Å². The SMILES string of the molecule is COc1cccc(C2(CSC)CCN(c3ccccc3OC)CC2)c1. The largest absolute Gasteiger partial charge is 0.497 e. The molecule has 1 heterocycles. The molecule has 3 nitrogen and oxygen atoms in total. The molecule has 1 fully saturated rings. The molecule has 0 amide bonds. The lowest BCUT2D eigenvalue weighted by Gasteiger charge is -2.43. The van der Waals surface area contributed by atoms with Crippen LogP contribution in [0.3, 0.4) is 0 Å². The second-order valence-corrected chi connectivity index (χ2v) is 7.47. The van der Waals surface area contributed by atoms with E-state index in [4.69, 9.17) is 9.47 Å². The number of nitrogens with zero attached hydrogens (tertiary/aromatic N) is 1. The van der Waals surface area contributed by atoms with E-state index in [0.29, 0.717) is 0 Å². The highest BCUT2D eigenvalue weighted by Gasteiger charge is 2.36. The van der Waals surface area contributed by atoms with Crippen LogP contribution in [-0.4, -0.2) is 39.3 Å². The van der Waals surface area contributed by atoms with Crippen molar-refractivity contribution in [2.24, 2.45) is 0 Å². The molecular weight excluding hydrogens is 330 g/mol. The molecule has 0 unspecified atom stereocenters. The van der Waals surface area contributed by atoms with Gasteiger partial charge in [-0.3, -0.25) is 0 Å². The van der Waals surface area contributed by atoms with E-state index >= 15 is 0 Å². The summed E-state index contributed by atoms with van der Waals surface area (Å²) in [5, 5.41) is 0. The van der Waals surface area contributed by atoms with Gasteiger partial charge < -0.3 is 14.4 Å². The van der Waals surface area contributed by atoms with Crippen LogP contribution in [0.25, 0.3) is 0 Å². The van der Waals surface area contributed by atoms with Gasteiger partial charge in [-0.1, -0.05) is 24.3 Å². The normalized spacial score (nSPS) is 16.5. The Kier molecular flexibility index (Phi) is 5.79. The van der Waals surface area contributed by atoms with E-state index in [0.717, 1.165) is 43.2 Å². The van der Waals surface area contributed by atoms with Crippen molar-refractivity contribution in [3.05, 3.63) is 54.1 Å². The average Bonchev–Trinajstić information content (AvgIpc) is 2.69. The van der Waals surface area contributed by atoms with Crippen LogP contribution in [0.5, 0.6) is 11.5 Å². The summed E-state index contributed by atoms with van der Waals surface area (Å²) >= 11 is 1.94. The van der Waals surface area contributed by atoms with Crippen LogP contribution in [0.4, 0.5) is 5.69 Å². The molecular formula is C21H27NO2S. The minimum absolute atomic E-state index is 0.215. The first-order chi connectivity index (χ1) is 12.2. The Morgan fingerprint density at radius 1 is 1.00 bits per heavy atom. The summed E-state index contributed by atoms with van der Waals surface area (Å²) in [5.74, 6) is 3.05. The second-order valence-electron chi connectivity index (χ2n) is 6.60. The molecule has 0 spiro atoms. The zero-order valence-electron chi connectivity index (χ0n) is 15.3.